The molecule has 3 aromatic carbocycles. The predicted octanol–water partition coefficient (Wildman–Crippen LogP) is 6.44. The first-order valence-electron chi connectivity index (χ1n) is 10.8. The maximum Gasteiger partial charge on any atom is 0.299 e. The molecule has 8 nitrogen and oxygen atoms in total. The summed E-state index contributed by atoms with van der Waals surface area (Å²) in [7, 11) is 1.72. The van der Waals surface area contributed by atoms with Gasteiger partial charge in [0, 0.05) is 12.6 Å². The standard InChI is InChI=1S/C26H21Cl2N5O3/c1-16-21(26(36)33(32(16)2)18-12-7-4-8-13-18)30-31-23(24(34)17-10-5-3-6-11-17)25(35)29-22-19(27)14-9-15-20(22)28/h3-15,34H,1-2H3,(H,29,35). The maximum absolute atomic E-state index is 13.2. The van der Waals surface area contributed by atoms with Gasteiger partial charge in [0.05, 0.1) is 27.1 Å². The lowest BCUT2D eigenvalue weighted by Gasteiger charge is -2.10. The predicted molar refractivity (Wildman–Crippen MR) is 141 cm³/mol. The normalized spacial score (nSPS) is 12.0. The molecular weight excluding hydrogens is 501 g/mol. The topological polar surface area (TPSA) is 101 Å². The van der Waals surface area contributed by atoms with E-state index in [0.29, 0.717) is 16.9 Å². The van der Waals surface area contributed by atoms with Crippen LogP contribution in [-0.2, 0) is 11.8 Å². The number of aliphatic hydroxyl groups is 1. The third-order valence-electron chi connectivity index (χ3n) is 5.46. The molecule has 0 aliphatic rings. The Balaban J connectivity index is 1.80. The molecule has 0 unspecified atom stereocenters. The molecule has 10 heteroatoms. The van der Waals surface area contributed by atoms with Crippen LogP contribution in [0.1, 0.15) is 11.3 Å². The van der Waals surface area contributed by atoms with Gasteiger partial charge in [-0.25, -0.2) is 4.68 Å². The Morgan fingerprint density at radius 3 is 2.11 bits per heavy atom. The number of nitrogens with zero attached hydrogens (tertiary/aromatic N) is 4. The number of hydrogen-bond donors (Lipinski definition) is 2. The Bertz CT molecular complexity index is 1520. The maximum atomic E-state index is 13.2. The van der Waals surface area contributed by atoms with Crippen LogP contribution < -0.4 is 10.9 Å². The summed E-state index contributed by atoms with van der Waals surface area (Å²) in [6.45, 7) is 1.71. The second kappa shape index (κ2) is 10.6. The van der Waals surface area contributed by atoms with Gasteiger partial charge in [0.25, 0.3) is 11.5 Å². The van der Waals surface area contributed by atoms with Crippen LogP contribution in [0.4, 0.5) is 11.4 Å². The van der Waals surface area contributed by atoms with E-state index in [1.807, 2.05) is 18.2 Å². The summed E-state index contributed by atoms with van der Waals surface area (Å²) in [6.07, 6.45) is 0. The van der Waals surface area contributed by atoms with Crippen molar-refractivity contribution >= 4 is 46.2 Å². The first-order valence-corrected chi connectivity index (χ1v) is 11.5. The smallest absolute Gasteiger partial charge is 0.299 e. The number of rotatable bonds is 6. The Hall–Kier alpha value is -4.14. The van der Waals surface area contributed by atoms with Crippen LogP contribution in [0.15, 0.2) is 99.6 Å². The lowest BCUT2D eigenvalue weighted by atomic mass is 10.1. The first-order chi connectivity index (χ1) is 17.3. The zero-order valence-corrected chi connectivity index (χ0v) is 20.8. The van der Waals surface area contributed by atoms with E-state index < -0.39 is 22.9 Å². The molecule has 0 bridgehead atoms. The van der Waals surface area contributed by atoms with Crippen LogP contribution in [0.25, 0.3) is 11.4 Å². The van der Waals surface area contributed by atoms with Crippen LogP contribution in [-0.4, -0.2) is 20.4 Å². The van der Waals surface area contributed by atoms with Crippen LogP contribution >= 0.6 is 23.2 Å². The number of hydrogen-bond acceptors (Lipinski definition) is 5. The van der Waals surface area contributed by atoms with E-state index in [2.05, 4.69) is 15.5 Å². The van der Waals surface area contributed by atoms with Gasteiger partial charge < -0.3 is 10.4 Å². The molecule has 1 aromatic heterocycles. The summed E-state index contributed by atoms with van der Waals surface area (Å²) in [4.78, 5) is 26.4. The van der Waals surface area contributed by atoms with Gasteiger partial charge in [0.2, 0.25) is 0 Å². The Morgan fingerprint density at radius 1 is 0.917 bits per heavy atom. The number of azo groups is 1. The van der Waals surface area contributed by atoms with Gasteiger partial charge >= 0.3 is 0 Å². The van der Waals surface area contributed by atoms with Crippen LogP contribution in [0.3, 0.4) is 0 Å². The summed E-state index contributed by atoms with van der Waals surface area (Å²) in [5, 5.41) is 22.0. The highest BCUT2D eigenvalue weighted by molar-refractivity contribution is 6.40. The van der Waals surface area contributed by atoms with Gasteiger partial charge in [-0.15, -0.1) is 10.2 Å². The van der Waals surface area contributed by atoms with Crippen molar-refractivity contribution in [3.05, 3.63) is 116 Å². The highest BCUT2D eigenvalue weighted by Gasteiger charge is 2.21. The summed E-state index contributed by atoms with van der Waals surface area (Å²) in [5.41, 5.74) is 0.803. The number of carbonyl (C=O) groups excluding carboxylic acids is 1. The van der Waals surface area contributed by atoms with E-state index in [4.69, 9.17) is 23.2 Å². The number of para-hydroxylation sites is 2. The summed E-state index contributed by atoms with van der Waals surface area (Å²) in [5.74, 6) is -1.25. The average molecular weight is 522 g/mol. The fraction of sp³-hybridized carbons (Fsp3) is 0.0769. The molecule has 36 heavy (non-hydrogen) atoms. The van der Waals surface area contributed by atoms with Gasteiger partial charge in [-0.1, -0.05) is 77.8 Å². The molecule has 0 spiro atoms. The van der Waals surface area contributed by atoms with Crippen molar-refractivity contribution in [2.24, 2.45) is 17.3 Å². The molecule has 4 rings (SSSR count). The van der Waals surface area contributed by atoms with E-state index in [0.717, 1.165) is 0 Å². The van der Waals surface area contributed by atoms with Crippen molar-refractivity contribution in [1.29, 1.82) is 0 Å². The van der Waals surface area contributed by atoms with E-state index in [1.54, 1.807) is 79.3 Å². The van der Waals surface area contributed by atoms with Crippen molar-refractivity contribution < 1.29 is 9.90 Å². The van der Waals surface area contributed by atoms with Crippen molar-refractivity contribution in [3.8, 4) is 5.69 Å². The fourth-order valence-corrected chi connectivity index (χ4v) is 3.98. The molecule has 182 valence electrons. The van der Waals surface area contributed by atoms with Gasteiger partial charge in [-0.05, 0) is 31.2 Å². The van der Waals surface area contributed by atoms with E-state index >= 15 is 0 Å². The minimum absolute atomic E-state index is 0.0169. The third-order valence-corrected chi connectivity index (χ3v) is 6.09. The molecule has 1 heterocycles. The monoisotopic (exact) mass is 521 g/mol. The first kappa shape index (κ1) is 25.0. The van der Waals surface area contributed by atoms with Crippen molar-refractivity contribution in [3.63, 3.8) is 0 Å². The summed E-state index contributed by atoms with van der Waals surface area (Å²) in [6, 6.07) is 22.2. The molecule has 0 fully saturated rings. The zero-order chi connectivity index (χ0) is 25.8. The van der Waals surface area contributed by atoms with Crippen molar-refractivity contribution in [1.82, 2.24) is 9.36 Å². The van der Waals surface area contributed by atoms with Crippen LogP contribution in [0.2, 0.25) is 10.0 Å². The Morgan fingerprint density at radius 2 is 1.50 bits per heavy atom. The van der Waals surface area contributed by atoms with Gasteiger partial charge in [-0.2, -0.15) is 0 Å². The highest BCUT2D eigenvalue weighted by atomic mass is 35.5. The number of carbonyl (C=O) groups is 1. The molecule has 0 saturated heterocycles. The summed E-state index contributed by atoms with van der Waals surface area (Å²) >= 11 is 12.4. The lowest BCUT2D eigenvalue weighted by Crippen LogP contribution is -2.19. The quantitative estimate of drug-likeness (QED) is 0.173. The average Bonchev–Trinajstić information content (AvgIpc) is 3.10. The molecule has 1 amide bonds. The van der Waals surface area contributed by atoms with Gasteiger partial charge in [-0.3, -0.25) is 14.3 Å². The second-order valence-corrected chi connectivity index (χ2v) is 8.54. The molecular formula is C26H21Cl2N5O3. The Labute approximate surface area is 216 Å². The summed E-state index contributed by atoms with van der Waals surface area (Å²) < 4.78 is 3.07. The minimum Gasteiger partial charge on any atom is -0.505 e. The van der Waals surface area contributed by atoms with E-state index in [1.165, 1.54) is 4.68 Å². The number of anilines is 1. The molecule has 0 aliphatic carbocycles. The van der Waals surface area contributed by atoms with Crippen molar-refractivity contribution in [2.45, 2.75) is 6.92 Å². The zero-order valence-electron chi connectivity index (χ0n) is 19.3. The number of aliphatic hydroxyl groups excluding tert-OH is 1. The largest absolute Gasteiger partial charge is 0.505 e. The fourth-order valence-electron chi connectivity index (χ4n) is 3.49. The lowest BCUT2D eigenvalue weighted by molar-refractivity contribution is -0.112. The van der Waals surface area contributed by atoms with Gasteiger partial charge in [0.1, 0.15) is 0 Å². The van der Waals surface area contributed by atoms with E-state index in [-0.39, 0.29) is 21.4 Å². The highest BCUT2D eigenvalue weighted by Crippen LogP contribution is 2.31. The number of halogens is 2. The minimum atomic E-state index is -0.813. The Kier molecular flexibility index (Phi) is 7.38. The molecule has 0 atom stereocenters. The van der Waals surface area contributed by atoms with Crippen LogP contribution in [0.5, 0.6) is 0 Å². The van der Waals surface area contributed by atoms with Crippen molar-refractivity contribution in [2.75, 3.05) is 5.32 Å². The number of amides is 1. The van der Waals surface area contributed by atoms with Gasteiger partial charge in [0.15, 0.2) is 17.1 Å². The molecule has 0 aliphatic heterocycles. The SMILES string of the molecule is Cc1c(N=NC(C(=O)Nc2c(Cl)cccc2Cl)=C(O)c2ccccc2)c(=O)n(-c2ccccc2)n1C. The number of aromatic nitrogens is 2. The van der Waals surface area contributed by atoms with E-state index in [9.17, 15) is 14.7 Å². The third kappa shape index (κ3) is 4.95. The molecule has 4 aromatic rings. The molecule has 0 radical (unpaired) electrons. The molecule has 2 N–H and O–H groups in total. The molecule has 0 saturated carbocycles. The second-order valence-electron chi connectivity index (χ2n) is 7.72. The van der Waals surface area contributed by atoms with Crippen LogP contribution in [0, 0.1) is 6.92 Å². The number of nitrogens with one attached hydrogen (secondary N) is 1. The number of benzene rings is 3.